The van der Waals surface area contributed by atoms with Crippen LogP contribution in [0, 0.1) is 0 Å². The molecule has 5 rings (SSSR count). The molecule has 1 aliphatic heterocycles. The van der Waals surface area contributed by atoms with E-state index in [0.717, 1.165) is 30.8 Å². The van der Waals surface area contributed by atoms with E-state index >= 15 is 0 Å². The minimum atomic E-state index is 0.281. The second-order valence-electron chi connectivity index (χ2n) is 7.96. The van der Waals surface area contributed by atoms with Crippen molar-refractivity contribution in [3.8, 4) is 16.9 Å². The van der Waals surface area contributed by atoms with Crippen LogP contribution in [-0.4, -0.2) is 27.7 Å². The first-order chi connectivity index (χ1) is 15.4. The maximum Gasteiger partial charge on any atom is 0.123 e. The van der Waals surface area contributed by atoms with Crippen molar-refractivity contribution in [3.05, 3.63) is 114 Å². The number of nitrogens with zero attached hydrogens (tertiary/aromatic N) is 3. The monoisotopic (exact) mass is 407 g/mol. The van der Waals surface area contributed by atoms with E-state index < -0.39 is 0 Å². The third-order valence-electron chi connectivity index (χ3n) is 5.87. The van der Waals surface area contributed by atoms with Gasteiger partial charge in [-0.05, 0) is 35.2 Å². The second kappa shape index (κ2) is 9.11. The number of benzene rings is 3. The Hall–Kier alpha value is -3.50. The van der Waals surface area contributed by atoms with Gasteiger partial charge in [-0.2, -0.15) is 10.2 Å². The van der Waals surface area contributed by atoms with Crippen LogP contribution in [0.15, 0.2) is 97.3 Å². The van der Waals surface area contributed by atoms with E-state index in [0.29, 0.717) is 6.61 Å². The molecule has 4 nitrogen and oxygen atoms in total. The third-order valence-corrected chi connectivity index (χ3v) is 5.87. The zero-order chi connectivity index (χ0) is 20.9. The summed E-state index contributed by atoms with van der Waals surface area (Å²) in [4.78, 5) is 2.54. The minimum Gasteiger partial charge on any atom is -0.492 e. The van der Waals surface area contributed by atoms with Gasteiger partial charge in [-0.25, -0.2) is 0 Å². The van der Waals surface area contributed by atoms with Gasteiger partial charge >= 0.3 is 0 Å². The van der Waals surface area contributed by atoms with E-state index in [1.807, 2.05) is 12.3 Å². The maximum atomic E-state index is 6.28. The average molecular weight is 408 g/mol. The van der Waals surface area contributed by atoms with Crippen LogP contribution in [-0.2, 0) is 19.5 Å². The molecule has 1 atom stereocenters. The first kappa shape index (κ1) is 19.5. The Morgan fingerprint density at radius 3 is 2.13 bits per heavy atom. The van der Waals surface area contributed by atoms with E-state index in [4.69, 9.17) is 4.74 Å². The first-order valence-corrected chi connectivity index (χ1v) is 10.7. The molecule has 0 bridgehead atoms. The molecular formula is C27H25N3O. The molecule has 4 aromatic rings. The molecule has 1 aromatic heterocycles. The Bertz CT molecular complexity index is 1080. The number of aromatic nitrogens is 2. The van der Waals surface area contributed by atoms with Crippen LogP contribution in [0.3, 0.4) is 0 Å². The van der Waals surface area contributed by atoms with Crippen LogP contribution in [0.25, 0.3) is 11.1 Å². The second-order valence-corrected chi connectivity index (χ2v) is 7.96. The van der Waals surface area contributed by atoms with Crippen LogP contribution >= 0.6 is 0 Å². The van der Waals surface area contributed by atoms with Crippen molar-refractivity contribution in [2.45, 2.75) is 25.6 Å². The van der Waals surface area contributed by atoms with Gasteiger partial charge in [0.05, 0.1) is 12.4 Å². The Kier molecular flexibility index (Phi) is 5.72. The van der Waals surface area contributed by atoms with E-state index in [1.54, 1.807) is 6.20 Å². The highest BCUT2D eigenvalue weighted by atomic mass is 16.5. The largest absolute Gasteiger partial charge is 0.492 e. The van der Waals surface area contributed by atoms with Gasteiger partial charge in [0, 0.05) is 30.3 Å². The number of fused-ring (bicyclic) bond motifs is 1. The van der Waals surface area contributed by atoms with E-state index in [-0.39, 0.29) is 6.04 Å². The third kappa shape index (κ3) is 4.49. The molecule has 0 spiro atoms. The van der Waals surface area contributed by atoms with Crippen LogP contribution in [0.5, 0.6) is 5.75 Å². The summed E-state index contributed by atoms with van der Waals surface area (Å²) < 4.78 is 6.28. The van der Waals surface area contributed by atoms with E-state index in [1.165, 1.54) is 22.3 Å². The highest BCUT2D eigenvalue weighted by Crippen LogP contribution is 2.35. The fourth-order valence-corrected chi connectivity index (χ4v) is 4.30. The fraction of sp³-hybridized carbons (Fsp3) is 0.185. The van der Waals surface area contributed by atoms with Crippen LogP contribution < -0.4 is 4.74 Å². The summed E-state index contributed by atoms with van der Waals surface area (Å²) in [5, 5.41) is 8.00. The van der Waals surface area contributed by atoms with Crippen LogP contribution in [0.2, 0.25) is 0 Å². The van der Waals surface area contributed by atoms with Crippen molar-refractivity contribution in [1.29, 1.82) is 0 Å². The maximum absolute atomic E-state index is 6.28. The predicted octanol–water partition coefficient (Wildman–Crippen LogP) is 5.15. The molecule has 0 N–H and O–H groups in total. The molecule has 3 aromatic carbocycles. The molecule has 1 unspecified atom stereocenters. The molecule has 31 heavy (non-hydrogen) atoms. The van der Waals surface area contributed by atoms with Gasteiger partial charge in [0.25, 0.3) is 0 Å². The SMILES string of the molecule is c1ccc(CN(Cc2ccccc2)C2COc3cccc(-c4ccnnc4)c3C2)cc1. The van der Waals surface area contributed by atoms with Crippen LogP contribution in [0.1, 0.15) is 16.7 Å². The van der Waals surface area contributed by atoms with Gasteiger partial charge in [0.2, 0.25) is 0 Å². The smallest absolute Gasteiger partial charge is 0.123 e. The van der Waals surface area contributed by atoms with E-state index in [9.17, 15) is 0 Å². The predicted molar refractivity (Wildman–Crippen MR) is 123 cm³/mol. The summed E-state index contributed by atoms with van der Waals surface area (Å²) in [7, 11) is 0. The van der Waals surface area contributed by atoms with E-state index in [2.05, 4.69) is 94.0 Å². The molecule has 154 valence electrons. The topological polar surface area (TPSA) is 38.2 Å². The summed E-state index contributed by atoms with van der Waals surface area (Å²) in [5.41, 5.74) is 6.13. The van der Waals surface area contributed by atoms with Gasteiger partial charge in [0.15, 0.2) is 0 Å². The standard InChI is InChI=1S/C27H25N3O/c1-3-8-21(9-4-1)18-30(19-22-10-5-2-6-11-22)24-16-26-25(23-14-15-28-29-17-23)12-7-13-27(26)31-20-24/h1-15,17,24H,16,18-20H2. The summed E-state index contributed by atoms with van der Waals surface area (Å²) >= 11 is 0. The van der Waals surface area contributed by atoms with Crippen molar-refractivity contribution in [1.82, 2.24) is 15.1 Å². The summed E-state index contributed by atoms with van der Waals surface area (Å²) in [5.74, 6) is 0.977. The molecule has 0 aliphatic carbocycles. The quantitative estimate of drug-likeness (QED) is 0.443. The highest BCUT2D eigenvalue weighted by Gasteiger charge is 2.28. The van der Waals surface area contributed by atoms with Gasteiger partial charge in [-0.3, -0.25) is 4.90 Å². The molecular weight excluding hydrogens is 382 g/mol. The summed E-state index contributed by atoms with van der Waals surface area (Å²) in [6.07, 6.45) is 4.51. The molecule has 1 aliphatic rings. The Morgan fingerprint density at radius 2 is 1.48 bits per heavy atom. The normalized spacial score (nSPS) is 15.3. The van der Waals surface area contributed by atoms with Crippen molar-refractivity contribution in [2.75, 3.05) is 6.61 Å². The van der Waals surface area contributed by atoms with Gasteiger partial charge in [0.1, 0.15) is 12.4 Å². The molecule has 0 saturated carbocycles. The average Bonchev–Trinajstić information content (AvgIpc) is 2.85. The summed E-state index contributed by atoms with van der Waals surface area (Å²) in [6.45, 7) is 2.46. The minimum absolute atomic E-state index is 0.281. The molecule has 0 fully saturated rings. The fourth-order valence-electron chi connectivity index (χ4n) is 4.30. The lowest BCUT2D eigenvalue weighted by atomic mass is 9.92. The van der Waals surface area contributed by atoms with Gasteiger partial charge in [-0.15, -0.1) is 0 Å². The summed E-state index contributed by atoms with van der Waals surface area (Å²) in [6, 6.07) is 29.9. The number of hydrogen-bond donors (Lipinski definition) is 0. The zero-order valence-electron chi connectivity index (χ0n) is 17.4. The number of ether oxygens (including phenoxy) is 1. The van der Waals surface area contributed by atoms with Crippen molar-refractivity contribution < 1.29 is 4.74 Å². The number of rotatable bonds is 6. The molecule has 0 amide bonds. The van der Waals surface area contributed by atoms with Gasteiger partial charge in [-0.1, -0.05) is 72.8 Å². The number of hydrogen-bond acceptors (Lipinski definition) is 4. The first-order valence-electron chi connectivity index (χ1n) is 10.7. The van der Waals surface area contributed by atoms with Gasteiger partial charge < -0.3 is 4.74 Å². The Morgan fingerprint density at radius 1 is 0.774 bits per heavy atom. The van der Waals surface area contributed by atoms with Crippen molar-refractivity contribution in [3.63, 3.8) is 0 Å². The Balaban J connectivity index is 1.46. The molecule has 2 heterocycles. The van der Waals surface area contributed by atoms with Crippen molar-refractivity contribution in [2.24, 2.45) is 0 Å². The molecule has 0 radical (unpaired) electrons. The lowest BCUT2D eigenvalue weighted by Crippen LogP contribution is -2.42. The zero-order valence-corrected chi connectivity index (χ0v) is 17.4. The Labute approximate surface area is 183 Å². The lowest BCUT2D eigenvalue weighted by Gasteiger charge is -2.36. The molecule has 4 heteroatoms. The lowest BCUT2D eigenvalue weighted by molar-refractivity contribution is 0.106. The molecule has 0 saturated heterocycles. The van der Waals surface area contributed by atoms with Crippen LogP contribution in [0.4, 0.5) is 0 Å². The van der Waals surface area contributed by atoms with Crippen molar-refractivity contribution >= 4 is 0 Å². The highest BCUT2D eigenvalue weighted by molar-refractivity contribution is 5.69.